The first-order chi connectivity index (χ1) is 8.75. The second kappa shape index (κ2) is 8.97. The highest BCUT2D eigenvalue weighted by atomic mass is 79.9. The van der Waals surface area contributed by atoms with E-state index in [2.05, 4.69) is 45.8 Å². The molecule has 1 fully saturated rings. The van der Waals surface area contributed by atoms with Crippen molar-refractivity contribution in [3.8, 4) is 0 Å². The molecular weight excluding hydrogens is 310 g/mol. The topological polar surface area (TPSA) is 21.3 Å². The van der Waals surface area contributed by atoms with Crippen molar-refractivity contribution in [3.05, 3.63) is 28.2 Å². The van der Waals surface area contributed by atoms with E-state index in [1.807, 2.05) is 13.8 Å². The van der Waals surface area contributed by atoms with Gasteiger partial charge in [0.25, 0.3) is 0 Å². The fourth-order valence-electron chi connectivity index (χ4n) is 1.69. The maximum absolute atomic E-state index is 5.34. The Morgan fingerprint density at radius 1 is 1.28 bits per heavy atom. The molecule has 0 saturated carbocycles. The lowest BCUT2D eigenvalue weighted by molar-refractivity contribution is 0.0838. The largest absolute Gasteiger partial charge is 0.381 e. The molecule has 1 aliphatic rings. The predicted octanol–water partition coefficient (Wildman–Crippen LogP) is 4.56. The fraction of sp³-hybridized carbons (Fsp3) is 0.571. The number of ether oxygens (including phenoxy) is 1. The van der Waals surface area contributed by atoms with Crippen LogP contribution in [0.5, 0.6) is 0 Å². The predicted molar refractivity (Wildman–Crippen MR) is 83.1 cm³/mol. The molecule has 2 nitrogen and oxygen atoms in total. The average molecular weight is 332 g/mol. The first-order valence-corrected chi connectivity index (χ1v) is 8.13. The van der Waals surface area contributed by atoms with E-state index in [1.165, 1.54) is 10.5 Å². The summed E-state index contributed by atoms with van der Waals surface area (Å²) in [6.07, 6.45) is 2.23. The summed E-state index contributed by atoms with van der Waals surface area (Å²) in [7, 11) is 0. The lowest BCUT2D eigenvalue weighted by Crippen LogP contribution is -2.30. The summed E-state index contributed by atoms with van der Waals surface area (Å²) >= 11 is 5.21. The van der Waals surface area contributed by atoms with Gasteiger partial charge in [0.2, 0.25) is 0 Å². The summed E-state index contributed by atoms with van der Waals surface area (Å²) < 4.78 is 9.99. The average Bonchev–Trinajstić information content (AvgIpc) is 2.41. The highest BCUT2D eigenvalue weighted by Gasteiger charge is 2.13. The molecule has 102 valence electrons. The standard InChI is InChI=1S/C12H16BrNOS.C2H6/c1-9-8-10(13)2-3-12(9)16-14-11-4-6-15-7-5-11;1-2/h2-3,8,11,14H,4-7H2,1H3;1-2H3. The summed E-state index contributed by atoms with van der Waals surface area (Å²) in [4.78, 5) is 1.30. The zero-order chi connectivity index (χ0) is 13.4. The van der Waals surface area contributed by atoms with Crippen LogP contribution < -0.4 is 4.72 Å². The molecule has 4 heteroatoms. The lowest BCUT2D eigenvalue weighted by Gasteiger charge is -2.22. The molecule has 0 spiro atoms. The van der Waals surface area contributed by atoms with Crippen molar-refractivity contribution < 1.29 is 4.74 Å². The Balaban J connectivity index is 0.000000771. The molecule has 1 heterocycles. The van der Waals surface area contributed by atoms with Gasteiger partial charge in [-0.1, -0.05) is 29.8 Å². The van der Waals surface area contributed by atoms with E-state index in [-0.39, 0.29) is 0 Å². The minimum Gasteiger partial charge on any atom is -0.381 e. The van der Waals surface area contributed by atoms with Crippen LogP contribution in [0, 0.1) is 6.92 Å². The van der Waals surface area contributed by atoms with Gasteiger partial charge in [0.1, 0.15) is 0 Å². The number of aryl methyl sites for hydroxylation is 1. The van der Waals surface area contributed by atoms with E-state index in [0.29, 0.717) is 6.04 Å². The van der Waals surface area contributed by atoms with E-state index in [1.54, 1.807) is 11.9 Å². The molecule has 0 atom stereocenters. The Bertz CT molecular complexity index is 354. The molecule has 0 aromatic heterocycles. The zero-order valence-corrected chi connectivity index (χ0v) is 13.7. The molecule has 1 aromatic carbocycles. The van der Waals surface area contributed by atoms with Crippen LogP contribution in [0.3, 0.4) is 0 Å². The van der Waals surface area contributed by atoms with Gasteiger partial charge in [-0.05, 0) is 55.5 Å². The molecule has 2 rings (SSSR count). The molecule has 0 radical (unpaired) electrons. The van der Waals surface area contributed by atoms with Crippen molar-refractivity contribution >= 4 is 27.9 Å². The van der Waals surface area contributed by atoms with Gasteiger partial charge >= 0.3 is 0 Å². The summed E-state index contributed by atoms with van der Waals surface area (Å²) in [5.74, 6) is 0. The van der Waals surface area contributed by atoms with Crippen LogP contribution in [0.4, 0.5) is 0 Å². The van der Waals surface area contributed by atoms with Gasteiger partial charge in [0, 0.05) is 28.6 Å². The Morgan fingerprint density at radius 3 is 2.56 bits per heavy atom. The third kappa shape index (κ3) is 5.31. The number of halogens is 1. The second-order valence-electron chi connectivity index (χ2n) is 4.02. The van der Waals surface area contributed by atoms with Gasteiger partial charge in [-0.2, -0.15) is 0 Å². The van der Waals surface area contributed by atoms with E-state index in [0.717, 1.165) is 30.5 Å². The van der Waals surface area contributed by atoms with Crippen molar-refractivity contribution in [2.75, 3.05) is 13.2 Å². The number of rotatable bonds is 3. The smallest absolute Gasteiger partial charge is 0.0481 e. The third-order valence-corrected chi connectivity index (χ3v) is 4.32. The quantitative estimate of drug-likeness (QED) is 0.820. The van der Waals surface area contributed by atoms with Gasteiger partial charge in [-0.25, -0.2) is 0 Å². The normalized spacial score (nSPS) is 16.0. The van der Waals surface area contributed by atoms with Crippen molar-refractivity contribution in [3.63, 3.8) is 0 Å². The SMILES string of the molecule is CC.Cc1cc(Br)ccc1SNC1CCOCC1. The van der Waals surface area contributed by atoms with Crippen LogP contribution in [0.2, 0.25) is 0 Å². The number of hydrogen-bond donors (Lipinski definition) is 1. The van der Waals surface area contributed by atoms with Gasteiger partial charge in [0.05, 0.1) is 0 Å². The molecule has 18 heavy (non-hydrogen) atoms. The van der Waals surface area contributed by atoms with Crippen LogP contribution >= 0.6 is 27.9 Å². The third-order valence-electron chi connectivity index (χ3n) is 2.69. The lowest BCUT2D eigenvalue weighted by atomic mass is 10.1. The Hall–Kier alpha value is -0.0300. The molecule has 1 saturated heterocycles. The van der Waals surface area contributed by atoms with Crippen LogP contribution in [0.15, 0.2) is 27.6 Å². The first-order valence-electron chi connectivity index (χ1n) is 6.52. The van der Waals surface area contributed by atoms with Crippen LogP contribution in [-0.4, -0.2) is 19.3 Å². The molecule has 0 unspecified atom stereocenters. The maximum Gasteiger partial charge on any atom is 0.0481 e. The van der Waals surface area contributed by atoms with Crippen LogP contribution in [-0.2, 0) is 4.74 Å². The van der Waals surface area contributed by atoms with E-state index < -0.39 is 0 Å². The summed E-state index contributed by atoms with van der Waals surface area (Å²) in [6, 6.07) is 6.97. The van der Waals surface area contributed by atoms with E-state index >= 15 is 0 Å². The van der Waals surface area contributed by atoms with Crippen molar-refractivity contribution in [1.29, 1.82) is 0 Å². The van der Waals surface area contributed by atoms with Crippen LogP contribution in [0.1, 0.15) is 32.3 Å². The Morgan fingerprint density at radius 2 is 1.94 bits per heavy atom. The van der Waals surface area contributed by atoms with Crippen molar-refractivity contribution in [1.82, 2.24) is 4.72 Å². The summed E-state index contributed by atoms with van der Waals surface area (Å²) in [6.45, 7) is 7.91. The van der Waals surface area contributed by atoms with Gasteiger partial charge < -0.3 is 4.74 Å². The number of nitrogens with one attached hydrogen (secondary N) is 1. The molecular formula is C14H22BrNOS. The first kappa shape index (κ1) is 16.0. The van der Waals surface area contributed by atoms with E-state index in [4.69, 9.17) is 4.74 Å². The maximum atomic E-state index is 5.34. The fourth-order valence-corrected chi connectivity index (χ4v) is 3.05. The van der Waals surface area contributed by atoms with Gasteiger partial charge in [-0.3, -0.25) is 4.72 Å². The monoisotopic (exact) mass is 331 g/mol. The highest BCUT2D eigenvalue weighted by molar-refractivity contribution is 9.10. The van der Waals surface area contributed by atoms with Crippen molar-refractivity contribution in [2.24, 2.45) is 0 Å². The van der Waals surface area contributed by atoms with E-state index in [9.17, 15) is 0 Å². The zero-order valence-electron chi connectivity index (χ0n) is 11.3. The number of benzene rings is 1. The molecule has 1 aliphatic heterocycles. The Labute approximate surface area is 123 Å². The minimum atomic E-state index is 0.585. The van der Waals surface area contributed by atoms with Crippen molar-refractivity contribution in [2.45, 2.75) is 44.6 Å². The minimum absolute atomic E-state index is 0.585. The molecule has 0 amide bonds. The molecule has 1 N–H and O–H groups in total. The second-order valence-corrected chi connectivity index (χ2v) is 5.81. The number of hydrogen-bond acceptors (Lipinski definition) is 3. The van der Waals surface area contributed by atoms with Crippen LogP contribution in [0.25, 0.3) is 0 Å². The highest BCUT2D eigenvalue weighted by Crippen LogP contribution is 2.24. The summed E-state index contributed by atoms with van der Waals surface area (Å²) in [5, 5.41) is 0. The van der Waals surface area contributed by atoms with Gasteiger partial charge in [-0.15, -0.1) is 0 Å². The summed E-state index contributed by atoms with van der Waals surface area (Å²) in [5.41, 5.74) is 1.30. The molecule has 0 aliphatic carbocycles. The molecule has 0 bridgehead atoms. The van der Waals surface area contributed by atoms with Gasteiger partial charge in [0.15, 0.2) is 0 Å². The molecule has 1 aromatic rings. The Kier molecular flexibility index (Phi) is 7.98.